The Kier molecular flexibility index (Phi) is 4.68. The van der Waals surface area contributed by atoms with Crippen molar-refractivity contribution in [2.75, 3.05) is 13.4 Å². The minimum Gasteiger partial charge on any atom is -0.380 e. The van der Waals surface area contributed by atoms with E-state index < -0.39 is 14.5 Å². The molecule has 1 atom stereocenters. The maximum atomic E-state index is 12.3. The summed E-state index contributed by atoms with van der Waals surface area (Å²) < 4.78 is 23.9. The van der Waals surface area contributed by atoms with Crippen LogP contribution in [0.25, 0.3) is 0 Å². The molecule has 116 valence electrons. The fraction of sp³-hybridized carbons (Fsp3) is 0.533. The minimum atomic E-state index is -2.87. The fourth-order valence-corrected chi connectivity index (χ4v) is 4.05. The van der Waals surface area contributed by atoms with Crippen LogP contribution in [0.2, 0.25) is 0 Å². The molecule has 0 aliphatic heterocycles. The molecule has 0 heterocycles. The van der Waals surface area contributed by atoms with Crippen molar-refractivity contribution in [3.05, 3.63) is 35.4 Å². The highest BCUT2D eigenvalue weighted by Gasteiger charge is 2.50. The molecule has 1 aromatic rings. The minimum absolute atomic E-state index is 0.253. The Morgan fingerprint density at radius 2 is 1.90 bits per heavy atom. The number of hydrogen-bond donors (Lipinski definition) is 2. The number of hydrogen-bond acceptors (Lipinski definition) is 4. The monoisotopic (exact) mass is 310 g/mol. The van der Waals surface area contributed by atoms with Crippen molar-refractivity contribution in [2.24, 2.45) is 0 Å². The van der Waals surface area contributed by atoms with E-state index in [0.717, 1.165) is 17.5 Å². The van der Waals surface area contributed by atoms with Crippen molar-refractivity contribution in [1.29, 1.82) is 4.78 Å². The van der Waals surface area contributed by atoms with E-state index in [4.69, 9.17) is 9.52 Å². The van der Waals surface area contributed by atoms with Crippen LogP contribution >= 0.6 is 0 Å². The highest BCUT2D eigenvalue weighted by molar-refractivity contribution is 7.94. The van der Waals surface area contributed by atoms with Crippen LogP contribution in [0, 0.1) is 4.78 Å². The quantitative estimate of drug-likeness (QED) is 0.844. The molecule has 1 saturated carbocycles. The zero-order chi connectivity index (χ0) is 15.5. The van der Waals surface area contributed by atoms with Crippen molar-refractivity contribution in [3.8, 4) is 0 Å². The first-order valence-electron chi connectivity index (χ1n) is 6.97. The smallest absolute Gasteiger partial charge is 0.240 e. The van der Waals surface area contributed by atoms with E-state index in [0.29, 0.717) is 26.0 Å². The molecule has 0 bridgehead atoms. The van der Waals surface area contributed by atoms with Gasteiger partial charge in [-0.25, -0.2) is 4.21 Å². The lowest BCUT2D eigenvalue weighted by atomic mass is 9.83. The third kappa shape index (κ3) is 3.27. The molecule has 1 aliphatic rings. The topological polar surface area (TPSA) is 79.2 Å². The third-order valence-electron chi connectivity index (χ3n) is 4.11. The predicted octanol–water partition coefficient (Wildman–Crippen LogP) is 2.05. The second-order valence-corrected chi connectivity index (χ2v) is 8.09. The second-order valence-electron chi connectivity index (χ2n) is 5.62. The van der Waals surface area contributed by atoms with Gasteiger partial charge in [0.2, 0.25) is 5.91 Å². The van der Waals surface area contributed by atoms with Crippen molar-refractivity contribution in [3.63, 3.8) is 0 Å². The van der Waals surface area contributed by atoms with Crippen molar-refractivity contribution < 1.29 is 13.7 Å². The molecule has 1 unspecified atom stereocenters. The highest BCUT2D eigenvalue weighted by Crippen LogP contribution is 2.39. The van der Waals surface area contributed by atoms with Gasteiger partial charge < -0.3 is 10.1 Å². The molecule has 1 aromatic carbocycles. The van der Waals surface area contributed by atoms with E-state index in [9.17, 15) is 9.00 Å². The van der Waals surface area contributed by atoms with Gasteiger partial charge in [-0.1, -0.05) is 24.3 Å². The first-order valence-corrected chi connectivity index (χ1v) is 8.94. The number of ether oxygens (including phenoxy) is 1. The van der Waals surface area contributed by atoms with Gasteiger partial charge in [-0.15, -0.1) is 0 Å². The summed E-state index contributed by atoms with van der Waals surface area (Å²) in [5.74, 6) is -0.253. The van der Waals surface area contributed by atoms with Crippen LogP contribution < -0.4 is 5.32 Å². The Balaban J connectivity index is 1.98. The van der Waals surface area contributed by atoms with Gasteiger partial charge >= 0.3 is 0 Å². The summed E-state index contributed by atoms with van der Waals surface area (Å²) in [5, 5.41) is 2.83. The van der Waals surface area contributed by atoms with Gasteiger partial charge in [0.25, 0.3) is 0 Å². The molecule has 21 heavy (non-hydrogen) atoms. The first kappa shape index (κ1) is 16.0. The summed E-state index contributed by atoms with van der Waals surface area (Å²) in [5.41, 5.74) is 2.05. The van der Waals surface area contributed by atoms with Gasteiger partial charge in [-0.05, 0) is 30.4 Å². The van der Waals surface area contributed by atoms with E-state index in [1.165, 1.54) is 6.26 Å². The maximum absolute atomic E-state index is 12.3. The molecular weight excluding hydrogens is 288 g/mol. The Bertz CT molecular complexity index is 604. The number of nitrogens with one attached hydrogen (secondary N) is 2. The molecule has 0 spiro atoms. The van der Waals surface area contributed by atoms with Crippen LogP contribution in [-0.4, -0.2) is 28.2 Å². The van der Waals surface area contributed by atoms with Crippen molar-refractivity contribution in [2.45, 2.75) is 37.2 Å². The van der Waals surface area contributed by atoms with Crippen LogP contribution in [0.1, 0.15) is 30.4 Å². The molecule has 0 aromatic heterocycles. The number of rotatable bonds is 6. The molecule has 0 radical (unpaired) electrons. The lowest BCUT2D eigenvalue weighted by molar-refractivity contribution is -0.125. The van der Waals surface area contributed by atoms with Crippen LogP contribution in [0.15, 0.2) is 24.3 Å². The van der Waals surface area contributed by atoms with Gasteiger partial charge in [0.15, 0.2) is 0 Å². The van der Waals surface area contributed by atoms with Gasteiger partial charge in [-0.3, -0.25) is 9.57 Å². The fourth-order valence-electron chi connectivity index (χ4n) is 2.55. The van der Waals surface area contributed by atoms with Crippen molar-refractivity contribution in [1.82, 2.24) is 5.32 Å². The summed E-state index contributed by atoms with van der Waals surface area (Å²) in [4.78, 5) is 12.3. The SMILES string of the molecule is COCc1ccc(CNC(=O)C2(S(C)(=N)=O)CCC2)cc1. The number of carbonyl (C=O) groups excluding carboxylic acids is 1. The summed E-state index contributed by atoms with van der Waals surface area (Å²) in [6, 6.07) is 7.78. The standard InChI is InChI=1S/C15H22N2O3S/c1-20-11-13-6-4-12(5-7-13)10-17-14(18)15(8-3-9-15)21(2,16)19/h4-7,16H,3,8-11H2,1-2H3,(H,17,18). The maximum Gasteiger partial charge on any atom is 0.240 e. The van der Waals surface area contributed by atoms with Gasteiger partial charge in [0.1, 0.15) is 4.75 Å². The second kappa shape index (κ2) is 6.15. The number of carbonyl (C=O) groups is 1. The largest absolute Gasteiger partial charge is 0.380 e. The molecule has 1 amide bonds. The number of amides is 1. The van der Waals surface area contributed by atoms with Crippen molar-refractivity contribution >= 4 is 15.6 Å². The Labute approximate surface area is 126 Å². The number of methoxy groups -OCH3 is 1. The van der Waals surface area contributed by atoms with E-state index in [1.54, 1.807) is 7.11 Å². The van der Waals surface area contributed by atoms with Crippen LogP contribution in [-0.2, 0) is 32.4 Å². The van der Waals surface area contributed by atoms with Gasteiger partial charge in [0.05, 0.1) is 16.3 Å². The third-order valence-corrected chi connectivity index (χ3v) is 6.19. The van der Waals surface area contributed by atoms with Crippen LogP contribution in [0.4, 0.5) is 0 Å². The molecule has 2 N–H and O–H groups in total. The molecule has 6 heteroatoms. The lowest BCUT2D eigenvalue weighted by Crippen LogP contribution is -2.56. The molecule has 1 fully saturated rings. The van der Waals surface area contributed by atoms with Gasteiger partial charge in [-0.2, -0.15) is 0 Å². The summed E-state index contributed by atoms with van der Waals surface area (Å²) in [7, 11) is -1.23. The first-order chi connectivity index (χ1) is 9.89. The Morgan fingerprint density at radius 3 is 2.33 bits per heavy atom. The molecular formula is C15H22N2O3S. The zero-order valence-electron chi connectivity index (χ0n) is 12.5. The normalized spacial score (nSPS) is 19.3. The average molecular weight is 310 g/mol. The molecule has 2 rings (SSSR count). The van der Waals surface area contributed by atoms with E-state index >= 15 is 0 Å². The summed E-state index contributed by atoms with van der Waals surface area (Å²) in [6.07, 6.45) is 3.32. The van der Waals surface area contributed by atoms with Crippen LogP contribution in [0.3, 0.4) is 0 Å². The Morgan fingerprint density at radius 1 is 1.33 bits per heavy atom. The van der Waals surface area contributed by atoms with Gasteiger partial charge in [0, 0.05) is 19.9 Å². The lowest BCUT2D eigenvalue weighted by Gasteiger charge is -2.40. The van der Waals surface area contributed by atoms with E-state index in [-0.39, 0.29) is 5.91 Å². The van der Waals surface area contributed by atoms with E-state index in [1.807, 2.05) is 24.3 Å². The zero-order valence-corrected chi connectivity index (χ0v) is 13.3. The molecule has 0 saturated heterocycles. The van der Waals surface area contributed by atoms with E-state index in [2.05, 4.69) is 5.32 Å². The predicted molar refractivity (Wildman–Crippen MR) is 82.4 cm³/mol. The Hall–Kier alpha value is -1.40. The van der Waals surface area contributed by atoms with Crippen LogP contribution in [0.5, 0.6) is 0 Å². The average Bonchev–Trinajstić information content (AvgIpc) is 2.35. The number of benzene rings is 1. The molecule has 5 nitrogen and oxygen atoms in total. The highest BCUT2D eigenvalue weighted by atomic mass is 32.2. The molecule has 1 aliphatic carbocycles. The summed E-state index contributed by atoms with van der Waals surface area (Å²) in [6.45, 7) is 0.954. The summed E-state index contributed by atoms with van der Waals surface area (Å²) >= 11 is 0.